The number of aromatic nitrogens is 2. The molecule has 0 unspecified atom stereocenters. The zero-order valence-electron chi connectivity index (χ0n) is 11.7. The molecule has 3 aromatic rings. The number of hydrogen-bond acceptors (Lipinski definition) is 1. The van der Waals surface area contributed by atoms with Crippen molar-refractivity contribution in [3.05, 3.63) is 69.1 Å². The Labute approximate surface area is 146 Å². The fourth-order valence-electron chi connectivity index (χ4n) is 2.36. The SMILES string of the molecule is Cc1nc(Cl)c(-c2c(F)ccc(Cl)c2F)n1-c1ccc(Cl)cc1. The van der Waals surface area contributed by atoms with Gasteiger partial charge in [0.15, 0.2) is 11.0 Å². The van der Waals surface area contributed by atoms with E-state index in [1.165, 1.54) is 0 Å². The number of nitrogens with zero attached hydrogens (tertiary/aromatic N) is 2. The van der Waals surface area contributed by atoms with E-state index in [4.69, 9.17) is 34.8 Å². The molecule has 0 N–H and O–H groups in total. The number of imidazole rings is 1. The molecule has 1 heterocycles. The van der Waals surface area contributed by atoms with Gasteiger partial charge in [0.1, 0.15) is 11.6 Å². The molecule has 7 heteroatoms. The van der Waals surface area contributed by atoms with Crippen molar-refractivity contribution in [2.45, 2.75) is 6.92 Å². The van der Waals surface area contributed by atoms with Gasteiger partial charge in [0.05, 0.1) is 16.3 Å². The van der Waals surface area contributed by atoms with E-state index in [-0.39, 0.29) is 21.4 Å². The van der Waals surface area contributed by atoms with E-state index >= 15 is 0 Å². The Hall–Kier alpha value is -1.62. The summed E-state index contributed by atoms with van der Waals surface area (Å²) in [4.78, 5) is 4.12. The molecule has 0 saturated heterocycles. The molecule has 0 spiro atoms. The largest absolute Gasteiger partial charge is 0.295 e. The van der Waals surface area contributed by atoms with Crippen LogP contribution in [0.25, 0.3) is 16.9 Å². The van der Waals surface area contributed by atoms with Gasteiger partial charge < -0.3 is 0 Å². The summed E-state index contributed by atoms with van der Waals surface area (Å²) in [5, 5.41) is 0.329. The highest BCUT2D eigenvalue weighted by Gasteiger charge is 2.24. The summed E-state index contributed by atoms with van der Waals surface area (Å²) in [6, 6.07) is 8.98. The number of rotatable bonds is 2. The fraction of sp³-hybridized carbons (Fsp3) is 0.0625. The number of halogens is 5. The molecular weight excluding hydrogens is 365 g/mol. The lowest BCUT2D eigenvalue weighted by Crippen LogP contribution is -2.02. The summed E-state index contributed by atoms with van der Waals surface area (Å²) in [6.45, 7) is 1.68. The molecule has 0 aliphatic carbocycles. The van der Waals surface area contributed by atoms with Gasteiger partial charge >= 0.3 is 0 Å². The van der Waals surface area contributed by atoms with Crippen molar-refractivity contribution < 1.29 is 8.78 Å². The second kappa shape index (κ2) is 6.11. The smallest absolute Gasteiger partial charge is 0.155 e. The third-order valence-electron chi connectivity index (χ3n) is 3.37. The fourth-order valence-corrected chi connectivity index (χ4v) is 2.95. The topological polar surface area (TPSA) is 17.8 Å². The van der Waals surface area contributed by atoms with Crippen LogP contribution < -0.4 is 0 Å². The van der Waals surface area contributed by atoms with Crippen LogP contribution in [0, 0.1) is 18.6 Å². The maximum Gasteiger partial charge on any atom is 0.155 e. The van der Waals surface area contributed by atoms with E-state index in [2.05, 4.69) is 4.98 Å². The second-order valence-corrected chi connectivity index (χ2v) is 6.03. The summed E-state index contributed by atoms with van der Waals surface area (Å²) in [6.07, 6.45) is 0. The molecule has 2 nitrogen and oxygen atoms in total. The Bertz CT molecular complexity index is 889. The van der Waals surface area contributed by atoms with E-state index in [0.717, 1.165) is 12.1 Å². The van der Waals surface area contributed by atoms with Gasteiger partial charge in [0.25, 0.3) is 0 Å². The van der Waals surface area contributed by atoms with Gasteiger partial charge in [-0.25, -0.2) is 13.8 Å². The van der Waals surface area contributed by atoms with Gasteiger partial charge in [-0.2, -0.15) is 0 Å². The first kappa shape index (κ1) is 16.2. The highest BCUT2D eigenvalue weighted by Crippen LogP contribution is 2.37. The van der Waals surface area contributed by atoms with Crippen LogP contribution in [0.4, 0.5) is 8.78 Å². The first-order chi connectivity index (χ1) is 10.9. The summed E-state index contributed by atoms with van der Waals surface area (Å²) >= 11 is 17.8. The molecule has 0 saturated carbocycles. The second-order valence-electron chi connectivity index (χ2n) is 4.83. The summed E-state index contributed by atoms with van der Waals surface area (Å²) in [5.41, 5.74) is 0.405. The minimum atomic E-state index is -0.885. The molecule has 0 radical (unpaired) electrons. The maximum absolute atomic E-state index is 14.4. The predicted octanol–water partition coefficient (Wildman–Crippen LogP) is 6.09. The third-order valence-corrected chi connectivity index (χ3v) is 4.18. The van der Waals surface area contributed by atoms with E-state index in [9.17, 15) is 8.78 Å². The molecule has 0 aliphatic heterocycles. The van der Waals surface area contributed by atoms with Crippen molar-refractivity contribution in [3.8, 4) is 16.9 Å². The predicted molar refractivity (Wildman–Crippen MR) is 88.7 cm³/mol. The molecule has 118 valence electrons. The molecule has 2 aromatic carbocycles. The minimum Gasteiger partial charge on any atom is -0.295 e. The standard InChI is InChI=1S/C16H9Cl3F2N2/c1-8-22-16(19)15(13-12(20)7-6-11(18)14(13)21)23(8)10-4-2-9(17)3-5-10/h2-7H,1H3. The van der Waals surface area contributed by atoms with Gasteiger partial charge in [-0.15, -0.1) is 0 Å². The molecule has 0 fully saturated rings. The van der Waals surface area contributed by atoms with Crippen molar-refractivity contribution in [1.29, 1.82) is 0 Å². The van der Waals surface area contributed by atoms with E-state index < -0.39 is 11.6 Å². The summed E-state index contributed by atoms with van der Waals surface area (Å²) in [5.74, 6) is -1.18. The lowest BCUT2D eigenvalue weighted by Gasteiger charge is -2.13. The molecule has 23 heavy (non-hydrogen) atoms. The van der Waals surface area contributed by atoms with E-state index in [0.29, 0.717) is 16.5 Å². The van der Waals surface area contributed by atoms with Gasteiger partial charge in [-0.05, 0) is 43.3 Å². The number of aryl methyl sites for hydroxylation is 1. The van der Waals surface area contributed by atoms with E-state index in [1.807, 2.05) is 0 Å². The number of hydrogen-bond donors (Lipinski definition) is 0. The third kappa shape index (κ3) is 2.82. The quantitative estimate of drug-likeness (QED) is 0.497. The van der Waals surface area contributed by atoms with Crippen LogP contribution in [0.2, 0.25) is 15.2 Å². The van der Waals surface area contributed by atoms with Crippen LogP contribution >= 0.6 is 34.8 Å². The van der Waals surface area contributed by atoms with Crippen molar-refractivity contribution >= 4 is 34.8 Å². The Balaban J connectivity index is 2.34. The first-order valence-electron chi connectivity index (χ1n) is 6.54. The maximum atomic E-state index is 14.4. The van der Waals surface area contributed by atoms with Gasteiger partial charge in [0, 0.05) is 10.7 Å². The van der Waals surface area contributed by atoms with Crippen molar-refractivity contribution in [2.24, 2.45) is 0 Å². The monoisotopic (exact) mass is 372 g/mol. The Morgan fingerprint density at radius 3 is 2.26 bits per heavy atom. The molecule has 0 bridgehead atoms. The average Bonchev–Trinajstić information content (AvgIpc) is 2.79. The van der Waals surface area contributed by atoms with Crippen LogP contribution in [0.5, 0.6) is 0 Å². The van der Waals surface area contributed by atoms with Gasteiger partial charge in [-0.3, -0.25) is 4.57 Å². The Kier molecular flexibility index (Phi) is 4.32. The van der Waals surface area contributed by atoms with E-state index in [1.54, 1.807) is 35.8 Å². The Morgan fingerprint density at radius 2 is 1.61 bits per heavy atom. The molecule has 3 rings (SSSR count). The molecule has 0 aliphatic rings. The van der Waals surface area contributed by atoms with Crippen molar-refractivity contribution in [1.82, 2.24) is 9.55 Å². The first-order valence-corrected chi connectivity index (χ1v) is 7.68. The van der Waals surface area contributed by atoms with Crippen molar-refractivity contribution in [3.63, 3.8) is 0 Å². The number of benzene rings is 2. The minimum absolute atomic E-state index is 0.0162. The van der Waals surface area contributed by atoms with Crippen LogP contribution in [-0.2, 0) is 0 Å². The van der Waals surface area contributed by atoms with Crippen LogP contribution in [-0.4, -0.2) is 9.55 Å². The lowest BCUT2D eigenvalue weighted by atomic mass is 10.1. The molecular formula is C16H9Cl3F2N2. The highest BCUT2D eigenvalue weighted by molar-refractivity contribution is 6.33. The van der Waals surface area contributed by atoms with Crippen LogP contribution in [0.1, 0.15) is 5.82 Å². The van der Waals surface area contributed by atoms with Crippen LogP contribution in [0.15, 0.2) is 36.4 Å². The molecule has 0 amide bonds. The summed E-state index contributed by atoms with van der Waals surface area (Å²) in [7, 11) is 0. The van der Waals surface area contributed by atoms with Gasteiger partial charge in [0.2, 0.25) is 0 Å². The molecule has 0 atom stereocenters. The molecule has 1 aromatic heterocycles. The zero-order chi connectivity index (χ0) is 16.7. The van der Waals surface area contributed by atoms with Crippen LogP contribution in [0.3, 0.4) is 0 Å². The van der Waals surface area contributed by atoms with Crippen molar-refractivity contribution in [2.75, 3.05) is 0 Å². The highest BCUT2D eigenvalue weighted by atomic mass is 35.5. The normalized spacial score (nSPS) is 11.0. The van der Waals surface area contributed by atoms with Gasteiger partial charge in [-0.1, -0.05) is 34.8 Å². The lowest BCUT2D eigenvalue weighted by molar-refractivity contribution is 0.588. The Morgan fingerprint density at radius 1 is 0.957 bits per heavy atom. The zero-order valence-corrected chi connectivity index (χ0v) is 14.0. The summed E-state index contributed by atoms with van der Waals surface area (Å²) < 4.78 is 30.2. The average molecular weight is 374 g/mol.